The van der Waals surface area contributed by atoms with Crippen molar-refractivity contribution in [2.75, 3.05) is 11.9 Å². The Kier molecular flexibility index (Phi) is 4.46. The van der Waals surface area contributed by atoms with Gasteiger partial charge in [0.25, 0.3) is 5.91 Å². The van der Waals surface area contributed by atoms with Crippen LogP contribution >= 0.6 is 0 Å². The number of nitriles is 1. The molecule has 6 heteroatoms. The molecular formula is C15H10F2N2O2. The molecule has 0 saturated carbocycles. The standard InChI is InChI=1S/C15H10F2N2O2/c16-10-5-6-12(17)11(9-10)15(20)19-13-3-1-2-4-14(13)21-8-7-18/h1-6,9H,8H2,(H,19,20). The fourth-order valence-electron chi connectivity index (χ4n) is 1.67. The largest absolute Gasteiger partial charge is 0.477 e. The third kappa shape index (κ3) is 3.54. The monoisotopic (exact) mass is 288 g/mol. The summed E-state index contributed by atoms with van der Waals surface area (Å²) in [5.74, 6) is -2.08. The molecule has 0 spiro atoms. The van der Waals surface area contributed by atoms with Crippen LogP contribution in [-0.2, 0) is 0 Å². The second-order valence-electron chi connectivity index (χ2n) is 4.02. The lowest BCUT2D eigenvalue weighted by atomic mass is 10.2. The summed E-state index contributed by atoms with van der Waals surface area (Å²) < 4.78 is 31.7. The minimum Gasteiger partial charge on any atom is -0.477 e. The number of hydrogen-bond donors (Lipinski definition) is 1. The van der Waals surface area contributed by atoms with Crippen LogP contribution in [0.15, 0.2) is 42.5 Å². The fraction of sp³-hybridized carbons (Fsp3) is 0.0667. The number of nitrogens with one attached hydrogen (secondary N) is 1. The number of ether oxygens (including phenoxy) is 1. The Morgan fingerprint density at radius 2 is 2.00 bits per heavy atom. The molecule has 1 amide bonds. The number of carbonyl (C=O) groups is 1. The van der Waals surface area contributed by atoms with Crippen LogP contribution in [0.5, 0.6) is 5.75 Å². The molecule has 1 N–H and O–H groups in total. The van der Waals surface area contributed by atoms with Gasteiger partial charge in [0.1, 0.15) is 23.5 Å². The van der Waals surface area contributed by atoms with Gasteiger partial charge in [0.2, 0.25) is 0 Å². The summed E-state index contributed by atoms with van der Waals surface area (Å²) in [5.41, 5.74) is -0.147. The van der Waals surface area contributed by atoms with Crippen LogP contribution in [0, 0.1) is 23.0 Å². The van der Waals surface area contributed by atoms with Crippen LogP contribution in [0.1, 0.15) is 10.4 Å². The predicted molar refractivity (Wildman–Crippen MR) is 71.9 cm³/mol. The molecule has 2 aromatic rings. The number of halogens is 2. The van der Waals surface area contributed by atoms with Gasteiger partial charge in [0, 0.05) is 0 Å². The Balaban J connectivity index is 2.24. The first-order valence-electron chi connectivity index (χ1n) is 5.97. The molecule has 0 heterocycles. The third-order valence-corrected chi connectivity index (χ3v) is 2.60. The fourth-order valence-corrected chi connectivity index (χ4v) is 1.67. The van der Waals surface area contributed by atoms with E-state index in [0.29, 0.717) is 0 Å². The van der Waals surface area contributed by atoms with E-state index in [0.717, 1.165) is 18.2 Å². The minimum absolute atomic E-state index is 0.193. The van der Waals surface area contributed by atoms with Crippen molar-refractivity contribution in [1.29, 1.82) is 5.26 Å². The van der Waals surface area contributed by atoms with Gasteiger partial charge in [0.05, 0.1) is 11.3 Å². The second-order valence-corrected chi connectivity index (χ2v) is 4.02. The Labute approximate surface area is 119 Å². The number of benzene rings is 2. The number of para-hydroxylation sites is 2. The van der Waals surface area contributed by atoms with Gasteiger partial charge in [-0.25, -0.2) is 8.78 Å². The average Bonchev–Trinajstić information content (AvgIpc) is 2.48. The van der Waals surface area contributed by atoms with E-state index in [-0.39, 0.29) is 18.0 Å². The zero-order valence-corrected chi connectivity index (χ0v) is 10.8. The van der Waals surface area contributed by atoms with Crippen molar-refractivity contribution in [3.05, 3.63) is 59.7 Å². The number of anilines is 1. The maximum Gasteiger partial charge on any atom is 0.258 e. The van der Waals surface area contributed by atoms with Crippen LogP contribution < -0.4 is 10.1 Å². The number of amides is 1. The normalized spacial score (nSPS) is 9.76. The van der Waals surface area contributed by atoms with Crippen molar-refractivity contribution in [2.45, 2.75) is 0 Å². The van der Waals surface area contributed by atoms with Crippen LogP contribution in [0.2, 0.25) is 0 Å². The molecule has 4 nitrogen and oxygen atoms in total. The zero-order valence-electron chi connectivity index (χ0n) is 10.8. The highest BCUT2D eigenvalue weighted by Gasteiger charge is 2.14. The topological polar surface area (TPSA) is 62.1 Å². The molecule has 0 fully saturated rings. The quantitative estimate of drug-likeness (QED) is 0.940. The highest BCUT2D eigenvalue weighted by atomic mass is 19.1. The molecule has 0 atom stereocenters. The highest BCUT2D eigenvalue weighted by molar-refractivity contribution is 6.05. The summed E-state index contributed by atoms with van der Waals surface area (Å²) in [5, 5.41) is 10.9. The van der Waals surface area contributed by atoms with E-state index in [1.807, 2.05) is 0 Å². The molecule has 0 aliphatic carbocycles. The maximum atomic E-state index is 13.5. The van der Waals surface area contributed by atoms with Crippen LogP contribution in [-0.4, -0.2) is 12.5 Å². The molecule has 0 aromatic heterocycles. The molecule has 21 heavy (non-hydrogen) atoms. The van der Waals surface area contributed by atoms with Crippen molar-refractivity contribution in [1.82, 2.24) is 0 Å². The lowest BCUT2D eigenvalue weighted by Gasteiger charge is -2.11. The number of carbonyl (C=O) groups excluding carboxylic acids is 1. The van der Waals surface area contributed by atoms with E-state index in [4.69, 9.17) is 10.00 Å². The Morgan fingerprint density at radius 1 is 1.24 bits per heavy atom. The van der Waals surface area contributed by atoms with Crippen LogP contribution in [0.25, 0.3) is 0 Å². The zero-order chi connectivity index (χ0) is 15.2. The lowest BCUT2D eigenvalue weighted by Crippen LogP contribution is -2.15. The van der Waals surface area contributed by atoms with Gasteiger partial charge in [-0.2, -0.15) is 5.26 Å². The number of nitrogens with zero attached hydrogens (tertiary/aromatic N) is 1. The molecule has 0 aliphatic rings. The molecule has 2 aromatic carbocycles. The molecule has 0 bridgehead atoms. The van der Waals surface area contributed by atoms with Gasteiger partial charge in [-0.3, -0.25) is 4.79 Å². The first-order chi connectivity index (χ1) is 10.1. The third-order valence-electron chi connectivity index (χ3n) is 2.60. The van der Waals surface area contributed by atoms with E-state index >= 15 is 0 Å². The van der Waals surface area contributed by atoms with Crippen molar-refractivity contribution in [3.8, 4) is 11.8 Å². The van der Waals surface area contributed by atoms with Crippen molar-refractivity contribution in [2.24, 2.45) is 0 Å². The first-order valence-corrected chi connectivity index (χ1v) is 5.97. The molecule has 2 rings (SSSR count). The van der Waals surface area contributed by atoms with E-state index < -0.39 is 23.1 Å². The summed E-state index contributed by atoms with van der Waals surface area (Å²) >= 11 is 0. The van der Waals surface area contributed by atoms with Gasteiger partial charge in [-0.1, -0.05) is 12.1 Å². The van der Waals surface area contributed by atoms with E-state index in [9.17, 15) is 13.6 Å². The Morgan fingerprint density at radius 3 is 2.76 bits per heavy atom. The maximum absolute atomic E-state index is 13.5. The van der Waals surface area contributed by atoms with Gasteiger partial charge < -0.3 is 10.1 Å². The number of rotatable bonds is 4. The second kappa shape index (κ2) is 6.48. The van der Waals surface area contributed by atoms with Crippen LogP contribution in [0.4, 0.5) is 14.5 Å². The van der Waals surface area contributed by atoms with Crippen molar-refractivity contribution in [3.63, 3.8) is 0 Å². The smallest absolute Gasteiger partial charge is 0.258 e. The van der Waals surface area contributed by atoms with Crippen molar-refractivity contribution < 1.29 is 18.3 Å². The van der Waals surface area contributed by atoms with E-state index in [2.05, 4.69) is 5.32 Å². The van der Waals surface area contributed by atoms with E-state index in [1.165, 1.54) is 6.07 Å². The summed E-state index contributed by atoms with van der Waals surface area (Å²) in [6.07, 6.45) is 0. The Bertz CT molecular complexity index is 711. The first kappa shape index (κ1) is 14.5. The van der Waals surface area contributed by atoms with Gasteiger partial charge in [-0.15, -0.1) is 0 Å². The van der Waals surface area contributed by atoms with E-state index in [1.54, 1.807) is 24.3 Å². The minimum atomic E-state index is -0.829. The Hall–Kier alpha value is -2.94. The lowest BCUT2D eigenvalue weighted by molar-refractivity contribution is 0.102. The summed E-state index contributed by atoms with van der Waals surface area (Å²) in [6, 6.07) is 10.8. The molecule has 0 radical (unpaired) electrons. The summed E-state index contributed by atoms with van der Waals surface area (Å²) in [4.78, 5) is 12.0. The summed E-state index contributed by atoms with van der Waals surface area (Å²) in [6.45, 7) is -0.193. The van der Waals surface area contributed by atoms with Gasteiger partial charge in [0.15, 0.2) is 6.61 Å². The molecule has 106 valence electrons. The average molecular weight is 288 g/mol. The predicted octanol–water partition coefficient (Wildman–Crippen LogP) is 3.12. The highest BCUT2D eigenvalue weighted by Crippen LogP contribution is 2.24. The molecule has 0 unspecified atom stereocenters. The number of hydrogen-bond acceptors (Lipinski definition) is 3. The molecule has 0 saturated heterocycles. The summed E-state index contributed by atoms with van der Waals surface area (Å²) in [7, 11) is 0. The van der Waals surface area contributed by atoms with Gasteiger partial charge in [-0.05, 0) is 30.3 Å². The van der Waals surface area contributed by atoms with Crippen molar-refractivity contribution >= 4 is 11.6 Å². The van der Waals surface area contributed by atoms with Gasteiger partial charge >= 0.3 is 0 Å². The molecular weight excluding hydrogens is 278 g/mol. The SMILES string of the molecule is N#CCOc1ccccc1NC(=O)c1cc(F)ccc1F. The van der Waals surface area contributed by atoms with Crippen LogP contribution in [0.3, 0.4) is 0 Å². The molecule has 0 aliphatic heterocycles.